The van der Waals surface area contributed by atoms with Crippen molar-refractivity contribution >= 4 is 0 Å². The van der Waals surface area contributed by atoms with Gasteiger partial charge in [-0.1, -0.05) is 26.2 Å². The van der Waals surface area contributed by atoms with Gasteiger partial charge in [-0.05, 0) is 42.4 Å². The Balaban J connectivity index is 1.90. The van der Waals surface area contributed by atoms with Crippen molar-refractivity contribution in [3.8, 4) is 0 Å². The zero-order valence-corrected chi connectivity index (χ0v) is 7.47. The van der Waals surface area contributed by atoms with E-state index < -0.39 is 0 Å². The van der Waals surface area contributed by atoms with Gasteiger partial charge in [-0.15, -0.1) is 0 Å². The van der Waals surface area contributed by atoms with Crippen molar-refractivity contribution in [2.45, 2.75) is 45.4 Å². The molecule has 0 aromatic rings. The zero-order valence-electron chi connectivity index (χ0n) is 7.47. The molecule has 0 amide bonds. The third-order valence-electron chi connectivity index (χ3n) is 4.79. The topological polar surface area (TPSA) is 0 Å². The molecule has 62 valence electrons. The van der Waals surface area contributed by atoms with Crippen LogP contribution in [-0.2, 0) is 0 Å². The highest BCUT2D eigenvalue weighted by Gasteiger charge is 2.57. The van der Waals surface area contributed by atoms with E-state index >= 15 is 0 Å². The fourth-order valence-corrected chi connectivity index (χ4v) is 4.44. The predicted molar refractivity (Wildman–Crippen MR) is 46.3 cm³/mol. The van der Waals surface area contributed by atoms with Crippen LogP contribution in [0.3, 0.4) is 0 Å². The van der Waals surface area contributed by atoms with Crippen molar-refractivity contribution in [3.63, 3.8) is 0 Å². The Kier molecular flexibility index (Phi) is 1.09. The van der Waals surface area contributed by atoms with Crippen LogP contribution in [0.1, 0.15) is 45.4 Å². The molecule has 3 rings (SSSR count). The van der Waals surface area contributed by atoms with Gasteiger partial charge >= 0.3 is 0 Å². The molecule has 4 unspecified atom stereocenters. The zero-order chi connectivity index (χ0) is 7.47. The van der Waals surface area contributed by atoms with Crippen LogP contribution < -0.4 is 0 Å². The maximum atomic E-state index is 2.54. The molecule has 4 atom stereocenters. The maximum absolute atomic E-state index is 2.54. The fraction of sp³-hybridized carbons (Fsp3) is 1.00. The van der Waals surface area contributed by atoms with Gasteiger partial charge in [0.15, 0.2) is 0 Å². The van der Waals surface area contributed by atoms with E-state index in [-0.39, 0.29) is 0 Å². The standard InChI is InChI=1S/C11H18/c1-11-6-5-8-3-2-4-9(7-11)10(8)11/h8-10H,2-7H2,1H3. The van der Waals surface area contributed by atoms with Crippen molar-refractivity contribution in [1.82, 2.24) is 0 Å². The van der Waals surface area contributed by atoms with Crippen LogP contribution in [0.15, 0.2) is 0 Å². The van der Waals surface area contributed by atoms with Crippen molar-refractivity contribution in [1.29, 1.82) is 0 Å². The molecule has 11 heavy (non-hydrogen) atoms. The summed E-state index contributed by atoms with van der Waals surface area (Å²) >= 11 is 0. The SMILES string of the molecule is CC12CCC3CCCC(C1)C32. The first-order valence-electron chi connectivity index (χ1n) is 5.30. The first-order chi connectivity index (χ1) is 5.30. The minimum atomic E-state index is 0.829. The molecule has 0 spiro atoms. The number of hydrogen-bond acceptors (Lipinski definition) is 0. The van der Waals surface area contributed by atoms with Crippen LogP contribution in [0.5, 0.6) is 0 Å². The molecular formula is C11H18. The quantitative estimate of drug-likeness (QED) is 0.497. The maximum Gasteiger partial charge on any atom is -0.0289 e. The average molecular weight is 150 g/mol. The Morgan fingerprint density at radius 1 is 1.09 bits per heavy atom. The van der Waals surface area contributed by atoms with Gasteiger partial charge in [0, 0.05) is 0 Å². The highest BCUT2D eigenvalue weighted by molar-refractivity contribution is 5.07. The molecule has 0 heterocycles. The third-order valence-corrected chi connectivity index (χ3v) is 4.79. The van der Waals surface area contributed by atoms with Gasteiger partial charge in [0.25, 0.3) is 0 Å². The van der Waals surface area contributed by atoms with Crippen molar-refractivity contribution in [3.05, 3.63) is 0 Å². The first kappa shape index (κ1) is 6.51. The van der Waals surface area contributed by atoms with Gasteiger partial charge in [-0.2, -0.15) is 0 Å². The van der Waals surface area contributed by atoms with Gasteiger partial charge in [0.05, 0.1) is 0 Å². The summed E-state index contributed by atoms with van der Waals surface area (Å²) in [6.45, 7) is 2.54. The molecule has 0 heteroatoms. The summed E-state index contributed by atoms with van der Waals surface area (Å²) < 4.78 is 0. The molecule has 0 aromatic carbocycles. The molecule has 0 radical (unpaired) electrons. The molecule has 3 saturated carbocycles. The minimum absolute atomic E-state index is 0.829. The van der Waals surface area contributed by atoms with E-state index in [0.717, 1.165) is 11.3 Å². The van der Waals surface area contributed by atoms with E-state index in [4.69, 9.17) is 0 Å². The van der Waals surface area contributed by atoms with E-state index in [0.29, 0.717) is 0 Å². The lowest BCUT2D eigenvalue weighted by molar-refractivity contribution is -0.0485. The summed E-state index contributed by atoms with van der Waals surface area (Å²) in [5, 5.41) is 0. The summed E-state index contributed by atoms with van der Waals surface area (Å²) in [7, 11) is 0. The largest absolute Gasteiger partial charge is 0.0593 e. The van der Waals surface area contributed by atoms with Gasteiger partial charge in [-0.25, -0.2) is 0 Å². The lowest BCUT2D eigenvalue weighted by Crippen LogP contribution is -2.46. The molecular weight excluding hydrogens is 132 g/mol. The van der Waals surface area contributed by atoms with E-state index in [1.54, 1.807) is 38.5 Å². The normalized spacial score (nSPS) is 60.3. The predicted octanol–water partition coefficient (Wildman–Crippen LogP) is 3.22. The Morgan fingerprint density at radius 3 is 2.73 bits per heavy atom. The average Bonchev–Trinajstić information content (AvgIpc) is 2.26. The molecule has 0 N–H and O–H groups in total. The molecule has 0 nitrogen and oxygen atoms in total. The van der Waals surface area contributed by atoms with E-state index in [2.05, 4.69) is 6.92 Å². The van der Waals surface area contributed by atoms with Crippen LogP contribution in [0, 0.1) is 23.2 Å². The number of rotatable bonds is 0. The summed E-state index contributed by atoms with van der Waals surface area (Å²) in [5.74, 6) is 3.50. The second-order valence-corrected chi connectivity index (χ2v) is 5.37. The second kappa shape index (κ2) is 1.84. The van der Waals surface area contributed by atoms with Gasteiger partial charge in [-0.3, -0.25) is 0 Å². The Labute approximate surface area is 69.4 Å². The smallest absolute Gasteiger partial charge is 0.0289 e. The Hall–Kier alpha value is 0. The molecule has 3 aliphatic rings. The highest BCUT2D eigenvalue weighted by Crippen LogP contribution is 2.66. The lowest BCUT2D eigenvalue weighted by atomic mass is 9.51. The van der Waals surface area contributed by atoms with Crippen LogP contribution in [0.2, 0.25) is 0 Å². The van der Waals surface area contributed by atoms with Crippen LogP contribution in [-0.4, -0.2) is 0 Å². The summed E-state index contributed by atoms with van der Waals surface area (Å²) in [5.41, 5.74) is 0.829. The number of hydrogen-bond donors (Lipinski definition) is 0. The molecule has 0 aromatic heterocycles. The molecule has 0 bridgehead atoms. The van der Waals surface area contributed by atoms with E-state index in [9.17, 15) is 0 Å². The molecule has 0 aliphatic heterocycles. The van der Waals surface area contributed by atoms with Gasteiger partial charge in [0.2, 0.25) is 0 Å². The van der Waals surface area contributed by atoms with Crippen molar-refractivity contribution in [2.75, 3.05) is 0 Å². The summed E-state index contributed by atoms with van der Waals surface area (Å²) in [6.07, 6.45) is 9.38. The second-order valence-electron chi connectivity index (χ2n) is 5.37. The van der Waals surface area contributed by atoms with Crippen LogP contribution in [0.25, 0.3) is 0 Å². The summed E-state index contributed by atoms with van der Waals surface area (Å²) in [4.78, 5) is 0. The van der Waals surface area contributed by atoms with Gasteiger partial charge in [0.1, 0.15) is 0 Å². The van der Waals surface area contributed by atoms with Crippen LogP contribution >= 0.6 is 0 Å². The Morgan fingerprint density at radius 2 is 1.91 bits per heavy atom. The fourth-order valence-electron chi connectivity index (χ4n) is 4.44. The van der Waals surface area contributed by atoms with Crippen molar-refractivity contribution < 1.29 is 0 Å². The van der Waals surface area contributed by atoms with Gasteiger partial charge < -0.3 is 0 Å². The first-order valence-corrected chi connectivity index (χ1v) is 5.30. The van der Waals surface area contributed by atoms with E-state index in [1.807, 2.05) is 0 Å². The van der Waals surface area contributed by atoms with Crippen molar-refractivity contribution in [2.24, 2.45) is 23.2 Å². The summed E-state index contributed by atoms with van der Waals surface area (Å²) in [6, 6.07) is 0. The minimum Gasteiger partial charge on any atom is -0.0593 e. The Bertz CT molecular complexity index is 184. The third kappa shape index (κ3) is 0.666. The van der Waals surface area contributed by atoms with E-state index in [1.165, 1.54) is 11.8 Å². The molecule has 0 saturated heterocycles. The lowest BCUT2D eigenvalue weighted by Gasteiger charge is -2.54. The molecule has 3 aliphatic carbocycles. The molecule has 3 fully saturated rings. The monoisotopic (exact) mass is 150 g/mol. The van der Waals surface area contributed by atoms with Crippen LogP contribution in [0.4, 0.5) is 0 Å². The highest BCUT2D eigenvalue weighted by atomic mass is 14.6.